The third-order valence-electron chi connectivity index (χ3n) is 3.99. The summed E-state index contributed by atoms with van der Waals surface area (Å²) in [5, 5.41) is 0. The van der Waals surface area contributed by atoms with Crippen LogP contribution in [0.2, 0.25) is 0 Å². The number of anilines is 1. The number of aromatic nitrogens is 1. The lowest BCUT2D eigenvalue weighted by Gasteiger charge is -2.15. The van der Waals surface area contributed by atoms with Crippen LogP contribution in [-0.4, -0.2) is 10.8 Å². The number of hydrogen-bond acceptors (Lipinski definition) is 4. The van der Waals surface area contributed by atoms with Crippen LogP contribution in [-0.2, 0) is 7.05 Å². The van der Waals surface area contributed by atoms with Crippen molar-refractivity contribution in [2.45, 2.75) is 6.92 Å². The fourth-order valence-corrected chi connectivity index (χ4v) is 3.09. The molecule has 1 aromatic heterocycles. The maximum atomic E-state index is 14.0. The second-order valence-corrected chi connectivity index (χ2v) is 6.63. The molecule has 4 nitrogen and oxygen atoms in total. The van der Waals surface area contributed by atoms with Gasteiger partial charge in [0.05, 0.1) is 0 Å². The van der Waals surface area contributed by atoms with E-state index in [1.54, 1.807) is 38.4 Å². The van der Waals surface area contributed by atoms with Gasteiger partial charge in [0.15, 0.2) is 11.6 Å². The molecule has 0 fully saturated rings. The Hall–Kier alpha value is -2.80. The van der Waals surface area contributed by atoms with Gasteiger partial charge in [-0.1, -0.05) is 11.9 Å². The Balaban J connectivity index is 2.12. The molecule has 0 spiro atoms. The predicted octanol–water partition coefficient (Wildman–Crippen LogP) is 5.12. The summed E-state index contributed by atoms with van der Waals surface area (Å²) in [7, 11) is 1.67. The van der Waals surface area contributed by atoms with Gasteiger partial charge in [0.2, 0.25) is 0 Å². The van der Waals surface area contributed by atoms with Gasteiger partial charge in [0.25, 0.3) is 5.56 Å². The number of halogens is 2. The minimum absolute atomic E-state index is 0.0789. The highest BCUT2D eigenvalue weighted by Crippen LogP contribution is 2.36. The highest BCUT2D eigenvalue weighted by molar-refractivity contribution is 7.99. The van der Waals surface area contributed by atoms with Crippen molar-refractivity contribution < 1.29 is 13.5 Å². The van der Waals surface area contributed by atoms with Gasteiger partial charge in [-0.2, -0.15) is 0 Å². The van der Waals surface area contributed by atoms with Gasteiger partial charge in [-0.3, -0.25) is 4.79 Å². The third kappa shape index (κ3) is 4.14. The van der Waals surface area contributed by atoms with Crippen molar-refractivity contribution in [3.05, 3.63) is 76.2 Å². The van der Waals surface area contributed by atoms with E-state index in [9.17, 15) is 13.6 Å². The van der Waals surface area contributed by atoms with Crippen molar-refractivity contribution in [3.8, 4) is 22.6 Å². The zero-order valence-corrected chi connectivity index (χ0v) is 15.9. The maximum Gasteiger partial charge on any atom is 0.253 e. The molecular weight excluding hydrogens is 370 g/mol. The normalized spacial score (nSPS) is 10.7. The highest BCUT2D eigenvalue weighted by Gasteiger charge is 2.14. The summed E-state index contributed by atoms with van der Waals surface area (Å²) in [4.78, 5) is 12.0. The van der Waals surface area contributed by atoms with E-state index in [1.165, 1.54) is 22.6 Å². The summed E-state index contributed by atoms with van der Waals surface area (Å²) in [5.41, 5.74) is 2.74. The Morgan fingerprint density at radius 2 is 1.81 bits per heavy atom. The Morgan fingerprint density at radius 1 is 1.07 bits per heavy atom. The molecule has 0 saturated carbocycles. The van der Waals surface area contributed by atoms with E-state index >= 15 is 0 Å². The van der Waals surface area contributed by atoms with Gasteiger partial charge in [-0.05, 0) is 43.3 Å². The first-order chi connectivity index (χ1) is 12.9. The standard InChI is InChI=1S/C20H18F2N2O2S/c1-12-8-13(11-24(2)20(12)25)16-10-15(23-27-3)5-7-18(16)26-19-6-4-14(21)9-17(19)22/h4-11,23H,1-3H3. The van der Waals surface area contributed by atoms with E-state index in [-0.39, 0.29) is 11.3 Å². The van der Waals surface area contributed by atoms with Crippen LogP contribution in [0.25, 0.3) is 11.1 Å². The van der Waals surface area contributed by atoms with Crippen molar-refractivity contribution >= 4 is 17.6 Å². The molecule has 0 bridgehead atoms. The third-order valence-corrected chi connectivity index (χ3v) is 4.43. The van der Waals surface area contributed by atoms with E-state index in [2.05, 4.69) is 4.72 Å². The van der Waals surface area contributed by atoms with Gasteiger partial charge in [0, 0.05) is 47.9 Å². The van der Waals surface area contributed by atoms with E-state index in [0.717, 1.165) is 23.4 Å². The molecule has 0 aliphatic carbocycles. The molecule has 0 saturated heterocycles. The van der Waals surface area contributed by atoms with Gasteiger partial charge in [-0.15, -0.1) is 0 Å². The molecular formula is C20H18F2N2O2S. The fraction of sp³-hybridized carbons (Fsp3) is 0.150. The summed E-state index contributed by atoms with van der Waals surface area (Å²) in [5.74, 6) is -1.15. The van der Waals surface area contributed by atoms with Gasteiger partial charge >= 0.3 is 0 Å². The molecule has 0 unspecified atom stereocenters. The molecule has 0 amide bonds. The molecule has 1 N–H and O–H groups in total. The van der Waals surface area contributed by atoms with Crippen molar-refractivity contribution in [1.82, 2.24) is 4.57 Å². The second kappa shape index (κ2) is 7.84. The molecule has 7 heteroatoms. The first kappa shape index (κ1) is 19.0. The SMILES string of the molecule is CSNc1ccc(Oc2ccc(F)cc2F)c(-c2cc(C)c(=O)n(C)c2)c1. The molecule has 3 aromatic rings. The zero-order chi connectivity index (χ0) is 19.6. The van der Waals surface area contributed by atoms with Crippen LogP contribution >= 0.6 is 11.9 Å². The fourth-order valence-electron chi connectivity index (χ4n) is 2.73. The largest absolute Gasteiger partial charge is 0.454 e. The monoisotopic (exact) mass is 388 g/mol. The van der Waals surface area contributed by atoms with Crippen LogP contribution in [0.15, 0.2) is 53.5 Å². The molecule has 140 valence electrons. The van der Waals surface area contributed by atoms with E-state index in [4.69, 9.17) is 4.74 Å². The van der Waals surface area contributed by atoms with E-state index in [0.29, 0.717) is 16.9 Å². The van der Waals surface area contributed by atoms with Crippen LogP contribution in [0.1, 0.15) is 5.56 Å². The Morgan fingerprint density at radius 3 is 2.48 bits per heavy atom. The molecule has 3 rings (SSSR count). The Labute approximate surface area is 159 Å². The number of benzene rings is 2. The number of hydrogen-bond donors (Lipinski definition) is 1. The van der Waals surface area contributed by atoms with Crippen molar-refractivity contribution in [1.29, 1.82) is 0 Å². The molecule has 1 heterocycles. The van der Waals surface area contributed by atoms with Crippen molar-refractivity contribution in [2.75, 3.05) is 11.0 Å². The molecule has 0 radical (unpaired) electrons. The average molecular weight is 388 g/mol. The second-order valence-electron chi connectivity index (χ2n) is 6.02. The topological polar surface area (TPSA) is 43.3 Å². The van der Waals surface area contributed by atoms with Crippen molar-refractivity contribution in [2.24, 2.45) is 7.05 Å². The number of nitrogens with zero attached hydrogens (tertiary/aromatic N) is 1. The summed E-state index contributed by atoms with van der Waals surface area (Å²) in [6.45, 7) is 1.73. The van der Waals surface area contributed by atoms with E-state index < -0.39 is 11.6 Å². The summed E-state index contributed by atoms with van der Waals surface area (Å²) in [6.07, 6.45) is 3.59. The van der Waals surface area contributed by atoms with Crippen LogP contribution in [0.4, 0.5) is 14.5 Å². The number of ether oxygens (including phenoxy) is 1. The maximum absolute atomic E-state index is 14.0. The summed E-state index contributed by atoms with van der Waals surface area (Å²) in [6, 6.07) is 10.3. The number of aryl methyl sites for hydroxylation is 2. The van der Waals surface area contributed by atoms with Gasteiger partial charge in [0.1, 0.15) is 11.6 Å². The Bertz CT molecular complexity index is 1020. The first-order valence-electron chi connectivity index (χ1n) is 8.12. The zero-order valence-electron chi connectivity index (χ0n) is 15.0. The minimum atomic E-state index is -0.788. The molecule has 0 aliphatic rings. The molecule has 2 aromatic carbocycles. The average Bonchev–Trinajstić information content (AvgIpc) is 2.63. The highest BCUT2D eigenvalue weighted by atomic mass is 32.2. The van der Waals surface area contributed by atoms with Crippen LogP contribution < -0.4 is 15.0 Å². The minimum Gasteiger partial charge on any atom is -0.454 e. The lowest BCUT2D eigenvalue weighted by Crippen LogP contribution is -2.18. The molecule has 0 atom stereocenters. The van der Waals surface area contributed by atoms with E-state index in [1.807, 2.05) is 12.3 Å². The van der Waals surface area contributed by atoms with Gasteiger partial charge < -0.3 is 14.0 Å². The first-order valence-corrected chi connectivity index (χ1v) is 9.35. The lowest BCUT2D eigenvalue weighted by molar-refractivity contribution is 0.439. The Kier molecular flexibility index (Phi) is 5.51. The number of nitrogens with one attached hydrogen (secondary N) is 1. The summed E-state index contributed by atoms with van der Waals surface area (Å²) >= 11 is 1.43. The van der Waals surface area contributed by atoms with Crippen LogP contribution in [0.5, 0.6) is 11.5 Å². The van der Waals surface area contributed by atoms with Gasteiger partial charge in [-0.25, -0.2) is 8.78 Å². The smallest absolute Gasteiger partial charge is 0.253 e. The molecule has 27 heavy (non-hydrogen) atoms. The molecule has 0 aliphatic heterocycles. The predicted molar refractivity (Wildman–Crippen MR) is 105 cm³/mol. The van der Waals surface area contributed by atoms with Crippen molar-refractivity contribution in [3.63, 3.8) is 0 Å². The van der Waals surface area contributed by atoms with Crippen LogP contribution in [0, 0.1) is 18.6 Å². The lowest BCUT2D eigenvalue weighted by atomic mass is 10.0. The van der Waals surface area contributed by atoms with Crippen LogP contribution in [0.3, 0.4) is 0 Å². The number of pyridine rings is 1. The summed E-state index contributed by atoms with van der Waals surface area (Å²) < 4.78 is 37.5. The quantitative estimate of drug-likeness (QED) is 0.616. The number of rotatable bonds is 5.